The minimum atomic E-state index is 0. The van der Waals surface area contributed by atoms with Gasteiger partial charge in [0.2, 0.25) is 0 Å². The summed E-state index contributed by atoms with van der Waals surface area (Å²) < 4.78 is 2.80. The fourth-order valence-electron chi connectivity index (χ4n) is 1.90. The maximum Gasteiger partial charge on any atom is 0.191 e. The Kier molecular flexibility index (Phi) is 8.93. The Labute approximate surface area is 167 Å². The Morgan fingerprint density at radius 3 is 2.74 bits per heavy atom. The van der Waals surface area contributed by atoms with Crippen LogP contribution in [0.15, 0.2) is 39.9 Å². The Morgan fingerprint density at radius 2 is 2.13 bits per heavy atom. The van der Waals surface area contributed by atoms with Crippen LogP contribution in [0.25, 0.3) is 0 Å². The van der Waals surface area contributed by atoms with Crippen LogP contribution in [0, 0.1) is 0 Å². The van der Waals surface area contributed by atoms with Crippen molar-refractivity contribution in [2.45, 2.75) is 20.0 Å². The zero-order chi connectivity index (χ0) is 15.9. The van der Waals surface area contributed by atoms with Crippen LogP contribution in [-0.4, -0.2) is 22.3 Å². The van der Waals surface area contributed by atoms with Gasteiger partial charge in [-0.1, -0.05) is 33.6 Å². The van der Waals surface area contributed by atoms with E-state index in [1.807, 2.05) is 42.9 Å². The molecule has 0 radical (unpaired) electrons. The van der Waals surface area contributed by atoms with Gasteiger partial charge in [-0.05, 0) is 30.7 Å². The Balaban J connectivity index is 0.00000264. The Hall–Kier alpha value is -0.800. The van der Waals surface area contributed by atoms with Crippen LogP contribution in [-0.2, 0) is 20.1 Å². The van der Waals surface area contributed by atoms with E-state index in [9.17, 15) is 0 Å². The van der Waals surface area contributed by atoms with Gasteiger partial charge in [0.05, 0.1) is 18.8 Å². The number of benzene rings is 1. The van der Waals surface area contributed by atoms with Gasteiger partial charge < -0.3 is 10.6 Å². The highest BCUT2D eigenvalue weighted by Gasteiger charge is 2.03. The Bertz CT molecular complexity index is 659. The van der Waals surface area contributed by atoms with E-state index in [4.69, 9.17) is 11.6 Å². The smallest absolute Gasteiger partial charge is 0.191 e. The van der Waals surface area contributed by atoms with Gasteiger partial charge in [-0.25, -0.2) is 4.99 Å². The number of aliphatic imine (C=N–C) groups is 1. The normalized spacial score (nSPS) is 11.0. The number of aryl methyl sites for hydroxylation is 1. The number of halogens is 3. The third-order valence-electron chi connectivity index (χ3n) is 3.13. The van der Waals surface area contributed by atoms with Gasteiger partial charge in [-0.15, -0.1) is 24.0 Å². The highest BCUT2D eigenvalue weighted by Crippen LogP contribution is 2.21. The number of guanidine groups is 1. The van der Waals surface area contributed by atoms with Crippen LogP contribution < -0.4 is 10.6 Å². The van der Waals surface area contributed by atoms with Crippen molar-refractivity contribution < 1.29 is 0 Å². The monoisotopic (exact) mass is 511 g/mol. The molecule has 0 spiro atoms. The quantitative estimate of drug-likeness (QED) is 0.365. The molecule has 0 saturated heterocycles. The maximum atomic E-state index is 6.22. The number of aromatic nitrogens is 2. The number of hydrogen-bond donors (Lipinski definition) is 2. The summed E-state index contributed by atoms with van der Waals surface area (Å²) in [6.07, 6.45) is 1.78. The summed E-state index contributed by atoms with van der Waals surface area (Å²) >= 11 is 9.62. The van der Waals surface area contributed by atoms with Gasteiger partial charge in [0, 0.05) is 29.3 Å². The van der Waals surface area contributed by atoms with Gasteiger partial charge in [-0.3, -0.25) is 4.68 Å². The fourth-order valence-corrected chi connectivity index (χ4v) is 2.64. The molecule has 0 unspecified atom stereocenters. The Morgan fingerprint density at radius 1 is 1.35 bits per heavy atom. The second-order valence-electron chi connectivity index (χ2n) is 4.73. The predicted molar refractivity (Wildman–Crippen MR) is 109 cm³/mol. The first-order valence-electron chi connectivity index (χ1n) is 7.03. The minimum Gasteiger partial charge on any atom is -0.357 e. The first-order chi connectivity index (χ1) is 10.6. The standard InChI is InChI=1S/C15H19BrClN5.HI/c1-3-18-15(20-10-13-6-7-21-22(13)2)19-9-11-4-5-12(16)8-14(11)17;/h4-8H,3,9-10H2,1-2H3,(H2,18,19,20);1H. The van der Waals surface area contributed by atoms with E-state index in [0.717, 1.165) is 28.2 Å². The van der Waals surface area contributed by atoms with E-state index < -0.39 is 0 Å². The summed E-state index contributed by atoms with van der Waals surface area (Å²) in [5, 5.41) is 11.4. The van der Waals surface area contributed by atoms with Crippen molar-refractivity contribution in [3.8, 4) is 0 Å². The minimum absolute atomic E-state index is 0. The molecule has 1 aromatic carbocycles. The van der Waals surface area contributed by atoms with Crippen molar-refractivity contribution in [3.05, 3.63) is 51.2 Å². The van der Waals surface area contributed by atoms with Crippen LogP contribution in [0.5, 0.6) is 0 Å². The van der Waals surface area contributed by atoms with Crippen molar-refractivity contribution in [1.29, 1.82) is 0 Å². The number of rotatable bonds is 5. The van der Waals surface area contributed by atoms with Crippen molar-refractivity contribution in [2.75, 3.05) is 6.54 Å². The van der Waals surface area contributed by atoms with Crippen molar-refractivity contribution in [1.82, 2.24) is 20.4 Å². The lowest BCUT2D eigenvalue weighted by Gasteiger charge is -2.11. The summed E-state index contributed by atoms with van der Waals surface area (Å²) in [6.45, 7) is 4.02. The van der Waals surface area contributed by atoms with Crippen LogP contribution in [0.1, 0.15) is 18.2 Å². The molecule has 1 heterocycles. The molecule has 23 heavy (non-hydrogen) atoms. The molecule has 2 aromatic rings. The van der Waals surface area contributed by atoms with Crippen LogP contribution in [0.4, 0.5) is 0 Å². The van der Waals surface area contributed by atoms with Gasteiger partial charge in [-0.2, -0.15) is 5.10 Å². The molecule has 8 heteroatoms. The average Bonchev–Trinajstić information content (AvgIpc) is 2.89. The largest absolute Gasteiger partial charge is 0.357 e. The lowest BCUT2D eigenvalue weighted by molar-refractivity contribution is 0.685. The van der Waals surface area contributed by atoms with E-state index in [0.29, 0.717) is 18.1 Å². The predicted octanol–water partition coefficient (Wildman–Crippen LogP) is 3.71. The van der Waals surface area contributed by atoms with Crippen molar-refractivity contribution in [3.63, 3.8) is 0 Å². The summed E-state index contributed by atoms with van der Waals surface area (Å²) in [5.74, 6) is 0.752. The number of nitrogens with one attached hydrogen (secondary N) is 2. The van der Waals surface area contributed by atoms with Crippen molar-refractivity contribution in [2.24, 2.45) is 12.0 Å². The summed E-state index contributed by atoms with van der Waals surface area (Å²) in [7, 11) is 1.92. The third kappa shape index (κ3) is 6.31. The molecule has 2 N–H and O–H groups in total. The van der Waals surface area contributed by atoms with E-state index >= 15 is 0 Å². The molecule has 5 nitrogen and oxygen atoms in total. The molecule has 2 rings (SSSR count). The zero-order valence-electron chi connectivity index (χ0n) is 13.0. The van der Waals surface area contributed by atoms with Crippen molar-refractivity contribution >= 4 is 57.5 Å². The first-order valence-corrected chi connectivity index (χ1v) is 8.20. The van der Waals surface area contributed by atoms with E-state index in [1.165, 1.54) is 0 Å². The van der Waals surface area contributed by atoms with Gasteiger partial charge in [0.1, 0.15) is 0 Å². The van der Waals surface area contributed by atoms with Gasteiger partial charge >= 0.3 is 0 Å². The summed E-state index contributed by atoms with van der Waals surface area (Å²) in [4.78, 5) is 4.57. The van der Waals surface area contributed by atoms with E-state index in [1.54, 1.807) is 6.20 Å². The van der Waals surface area contributed by atoms with Crippen LogP contribution in [0.2, 0.25) is 5.02 Å². The van der Waals surface area contributed by atoms with E-state index in [2.05, 4.69) is 36.7 Å². The molecule has 0 aliphatic carbocycles. The molecule has 0 fully saturated rings. The van der Waals surface area contributed by atoms with Crippen LogP contribution >= 0.6 is 51.5 Å². The van der Waals surface area contributed by atoms with E-state index in [-0.39, 0.29) is 24.0 Å². The molecular formula is C15H20BrClIN5. The maximum absolute atomic E-state index is 6.22. The summed E-state index contributed by atoms with van der Waals surface area (Å²) in [6, 6.07) is 7.79. The molecular weight excluding hydrogens is 492 g/mol. The highest BCUT2D eigenvalue weighted by atomic mass is 127. The molecule has 126 valence electrons. The molecule has 0 amide bonds. The first kappa shape index (κ1) is 20.2. The molecule has 0 aliphatic heterocycles. The average molecular weight is 513 g/mol. The molecule has 0 saturated carbocycles. The van der Waals surface area contributed by atoms with Gasteiger partial charge in [0.15, 0.2) is 5.96 Å². The lowest BCUT2D eigenvalue weighted by atomic mass is 10.2. The molecule has 0 aliphatic rings. The number of nitrogens with zero attached hydrogens (tertiary/aromatic N) is 3. The second kappa shape index (κ2) is 10.1. The SMILES string of the molecule is CCNC(=NCc1ccc(Br)cc1Cl)NCc1ccnn1C.I. The third-order valence-corrected chi connectivity index (χ3v) is 3.97. The summed E-state index contributed by atoms with van der Waals surface area (Å²) in [5.41, 5.74) is 2.08. The lowest BCUT2D eigenvalue weighted by Crippen LogP contribution is -2.37. The topological polar surface area (TPSA) is 54.2 Å². The zero-order valence-corrected chi connectivity index (χ0v) is 17.7. The fraction of sp³-hybridized carbons (Fsp3) is 0.333. The highest BCUT2D eigenvalue weighted by molar-refractivity contribution is 14.0. The number of hydrogen-bond acceptors (Lipinski definition) is 2. The van der Waals surface area contributed by atoms with Gasteiger partial charge in [0.25, 0.3) is 0 Å². The van der Waals surface area contributed by atoms with Crippen LogP contribution in [0.3, 0.4) is 0 Å². The molecule has 1 aromatic heterocycles. The molecule has 0 atom stereocenters. The molecule has 0 bridgehead atoms. The second-order valence-corrected chi connectivity index (χ2v) is 6.05.